The van der Waals surface area contributed by atoms with Crippen LogP contribution >= 0.6 is 15.9 Å². The molecule has 0 heterocycles. The Morgan fingerprint density at radius 1 is 1.15 bits per heavy atom. The Labute approximate surface area is 127 Å². The third-order valence-corrected chi connectivity index (χ3v) is 3.89. The van der Waals surface area contributed by atoms with Crippen molar-refractivity contribution < 1.29 is 4.39 Å². The molecule has 20 heavy (non-hydrogen) atoms. The zero-order valence-corrected chi connectivity index (χ0v) is 13.0. The molecule has 0 amide bonds. The van der Waals surface area contributed by atoms with Crippen LogP contribution in [0, 0.1) is 5.82 Å². The minimum atomic E-state index is -0.232. The Kier molecular flexibility index (Phi) is 5.15. The molecule has 0 saturated carbocycles. The van der Waals surface area contributed by atoms with Crippen LogP contribution in [0.3, 0.4) is 0 Å². The minimum absolute atomic E-state index is 0.232. The molecule has 0 aliphatic carbocycles. The Bertz CT molecular complexity index is 586. The number of rotatable bonds is 5. The van der Waals surface area contributed by atoms with E-state index in [0.717, 1.165) is 36.4 Å². The van der Waals surface area contributed by atoms with Gasteiger partial charge in [0.25, 0.3) is 0 Å². The highest BCUT2D eigenvalue weighted by Crippen LogP contribution is 2.19. The number of nitrogens with zero attached hydrogens (tertiary/aromatic N) is 1. The van der Waals surface area contributed by atoms with Crippen LogP contribution in [0.4, 0.5) is 10.1 Å². The van der Waals surface area contributed by atoms with Crippen LogP contribution in [0.2, 0.25) is 0 Å². The van der Waals surface area contributed by atoms with Crippen molar-refractivity contribution in [2.75, 3.05) is 12.3 Å². The molecule has 0 aliphatic heterocycles. The van der Waals surface area contributed by atoms with Crippen LogP contribution in [0.1, 0.15) is 18.1 Å². The van der Waals surface area contributed by atoms with Crippen LogP contribution < -0.4 is 5.73 Å². The minimum Gasteiger partial charge on any atom is -0.398 e. The van der Waals surface area contributed by atoms with Crippen molar-refractivity contribution in [3.8, 4) is 0 Å². The predicted molar refractivity (Wildman–Crippen MR) is 84.7 cm³/mol. The van der Waals surface area contributed by atoms with Gasteiger partial charge in [-0.2, -0.15) is 0 Å². The van der Waals surface area contributed by atoms with Gasteiger partial charge < -0.3 is 5.73 Å². The number of hydrogen-bond acceptors (Lipinski definition) is 2. The van der Waals surface area contributed by atoms with E-state index in [0.29, 0.717) is 4.47 Å². The summed E-state index contributed by atoms with van der Waals surface area (Å²) < 4.78 is 13.7. The molecule has 4 heteroatoms. The zero-order valence-electron chi connectivity index (χ0n) is 11.4. The summed E-state index contributed by atoms with van der Waals surface area (Å²) in [5.41, 5.74) is 8.99. The molecule has 2 N–H and O–H groups in total. The van der Waals surface area contributed by atoms with Crippen LogP contribution in [-0.4, -0.2) is 11.4 Å². The lowest BCUT2D eigenvalue weighted by Crippen LogP contribution is -2.22. The molecule has 0 bridgehead atoms. The van der Waals surface area contributed by atoms with E-state index < -0.39 is 0 Å². The first kappa shape index (κ1) is 15.0. The van der Waals surface area contributed by atoms with Crippen LogP contribution in [0.5, 0.6) is 0 Å². The lowest BCUT2D eigenvalue weighted by atomic mass is 10.1. The van der Waals surface area contributed by atoms with Crippen LogP contribution in [0.25, 0.3) is 0 Å². The summed E-state index contributed by atoms with van der Waals surface area (Å²) in [5, 5.41) is 0. The Hall–Kier alpha value is -1.39. The van der Waals surface area contributed by atoms with Crippen molar-refractivity contribution in [2.45, 2.75) is 20.0 Å². The van der Waals surface area contributed by atoms with Gasteiger partial charge in [-0.15, -0.1) is 0 Å². The molecule has 0 aromatic heterocycles. The summed E-state index contributed by atoms with van der Waals surface area (Å²) in [6, 6.07) is 13.0. The summed E-state index contributed by atoms with van der Waals surface area (Å²) in [6.07, 6.45) is 0. The van der Waals surface area contributed by atoms with Crippen molar-refractivity contribution in [3.63, 3.8) is 0 Å². The quantitative estimate of drug-likeness (QED) is 0.829. The summed E-state index contributed by atoms with van der Waals surface area (Å²) in [6.45, 7) is 4.57. The Morgan fingerprint density at radius 3 is 2.55 bits per heavy atom. The topological polar surface area (TPSA) is 29.3 Å². The smallest absolute Gasteiger partial charge is 0.137 e. The maximum atomic E-state index is 13.2. The number of halogens is 2. The molecule has 2 nitrogen and oxygen atoms in total. The molecule has 0 aliphatic rings. The first-order chi connectivity index (χ1) is 9.60. The highest BCUT2D eigenvalue weighted by atomic mass is 79.9. The van der Waals surface area contributed by atoms with Gasteiger partial charge in [-0.05, 0) is 51.8 Å². The van der Waals surface area contributed by atoms with E-state index in [4.69, 9.17) is 5.73 Å². The van der Waals surface area contributed by atoms with Gasteiger partial charge in [0.1, 0.15) is 5.82 Å². The molecule has 0 spiro atoms. The molecule has 106 valence electrons. The van der Waals surface area contributed by atoms with Gasteiger partial charge in [0.2, 0.25) is 0 Å². The lowest BCUT2D eigenvalue weighted by molar-refractivity contribution is 0.271. The number of anilines is 1. The number of para-hydroxylation sites is 1. The third-order valence-electron chi connectivity index (χ3n) is 3.29. The second-order valence-corrected chi connectivity index (χ2v) is 5.60. The largest absolute Gasteiger partial charge is 0.398 e. The molecule has 0 radical (unpaired) electrons. The maximum absolute atomic E-state index is 13.2. The predicted octanol–water partition coefficient (Wildman–Crippen LogP) is 4.19. The number of nitrogen functional groups attached to an aromatic ring is 1. The Morgan fingerprint density at radius 2 is 1.90 bits per heavy atom. The normalized spacial score (nSPS) is 11.0. The summed E-state index contributed by atoms with van der Waals surface area (Å²) in [5.74, 6) is -0.232. The first-order valence-electron chi connectivity index (χ1n) is 6.59. The van der Waals surface area contributed by atoms with Gasteiger partial charge in [-0.3, -0.25) is 4.90 Å². The van der Waals surface area contributed by atoms with Gasteiger partial charge in [-0.1, -0.05) is 31.2 Å². The highest BCUT2D eigenvalue weighted by Gasteiger charge is 2.08. The number of nitrogens with two attached hydrogens (primary N) is 1. The first-order valence-corrected chi connectivity index (χ1v) is 7.39. The summed E-state index contributed by atoms with van der Waals surface area (Å²) in [4.78, 5) is 2.27. The fourth-order valence-electron chi connectivity index (χ4n) is 2.09. The van der Waals surface area contributed by atoms with Crippen molar-refractivity contribution in [1.82, 2.24) is 4.90 Å². The molecular formula is C16H18BrFN2. The van der Waals surface area contributed by atoms with E-state index in [1.807, 2.05) is 36.4 Å². The fraction of sp³-hybridized carbons (Fsp3) is 0.250. The van der Waals surface area contributed by atoms with E-state index in [1.54, 1.807) is 0 Å². The van der Waals surface area contributed by atoms with E-state index in [9.17, 15) is 4.39 Å². The average Bonchev–Trinajstić information content (AvgIpc) is 2.44. The third kappa shape index (κ3) is 3.81. The fourth-order valence-corrected chi connectivity index (χ4v) is 2.52. The molecule has 0 saturated heterocycles. The summed E-state index contributed by atoms with van der Waals surface area (Å²) in [7, 11) is 0. The van der Waals surface area contributed by atoms with Crippen LogP contribution in [0.15, 0.2) is 46.9 Å². The van der Waals surface area contributed by atoms with Crippen molar-refractivity contribution in [1.29, 1.82) is 0 Å². The van der Waals surface area contributed by atoms with Crippen molar-refractivity contribution >= 4 is 21.6 Å². The standard InChI is InChI=1S/C16H18BrFN2/c1-2-20(11-13-5-3-4-6-16(13)19)10-12-7-8-15(18)14(17)9-12/h3-9H,2,10-11,19H2,1H3. The SMILES string of the molecule is CCN(Cc1ccc(F)c(Br)c1)Cc1ccccc1N. The maximum Gasteiger partial charge on any atom is 0.137 e. The van der Waals surface area contributed by atoms with Crippen LogP contribution in [-0.2, 0) is 13.1 Å². The molecule has 2 rings (SSSR count). The van der Waals surface area contributed by atoms with Gasteiger partial charge in [0.05, 0.1) is 4.47 Å². The second-order valence-electron chi connectivity index (χ2n) is 4.75. The Balaban J connectivity index is 2.09. The van der Waals surface area contributed by atoms with Crippen molar-refractivity contribution in [3.05, 3.63) is 63.9 Å². The van der Waals surface area contributed by atoms with Crippen molar-refractivity contribution in [2.24, 2.45) is 0 Å². The zero-order chi connectivity index (χ0) is 14.5. The molecular weight excluding hydrogens is 319 g/mol. The van der Waals surface area contributed by atoms with Gasteiger partial charge in [-0.25, -0.2) is 4.39 Å². The van der Waals surface area contributed by atoms with E-state index in [-0.39, 0.29) is 5.82 Å². The average molecular weight is 337 g/mol. The number of benzene rings is 2. The monoisotopic (exact) mass is 336 g/mol. The van der Waals surface area contributed by atoms with Gasteiger partial charge in [0, 0.05) is 18.8 Å². The highest BCUT2D eigenvalue weighted by molar-refractivity contribution is 9.10. The second kappa shape index (κ2) is 6.86. The van der Waals surface area contributed by atoms with Gasteiger partial charge in [0.15, 0.2) is 0 Å². The van der Waals surface area contributed by atoms with E-state index in [1.165, 1.54) is 6.07 Å². The molecule has 2 aromatic rings. The molecule has 2 aromatic carbocycles. The molecule has 0 atom stereocenters. The number of hydrogen-bond donors (Lipinski definition) is 1. The van der Waals surface area contributed by atoms with Gasteiger partial charge >= 0.3 is 0 Å². The molecule has 0 unspecified atom stereocenters. The molecule has 0 fully saturated rings. The lowest BCUT2D eigenvalue weighted by Gasteiger charge is -2.21. The van der Waals surface area contributed by atoms with E-state index in [2.05, 4.69) is 27.8 Å². The summed E-state index contributed by atoms with van der Waals surface area (Å²) >= 11 is 3.22. The van der Waals surface area contributed by atoms with E-state index >= 15 is 0 Å².